The number of thioether (sulfide) groups is 1. The van der Waals surface area contributed by atoms with Gasteiger partial charge in [0.25, 0.3) is 5.91 Å². The third-order valence-corrected chi connectivity index (χ3v) is 9.26. The molecule has 0 aliphatic carbocycles. The number of para-hydroxylation sites is 1. The highest BCUT2D eigenvalue weighted by molar-refractivity contribution is 8.16. The van der Waals surface area contributed by atoms with E-state index in [1.54, 1.807) is 12.1 Å². The second kappa shape index (κ2) is 9.44. The van der Waals surface area contributed by atoms with Crippen molar-refractivity contribution < 1.29 is 17.9 Å². The van der Waals surface area contributed by atoms with E-state index in [1.807, 2.05) is 71.6 Å². The van der Waals surface area contributed by atoms with Crippen LogP contribution >= 0.6 is 23.4 Å². The van der Waals surface area contributed by atoms with Gasteiger partial charge in [0.1, 0.15) is 11.5 Å². The van der Waals surface area contributed by atoms with E-state index in [1.165, 1.54) is 11.8 Å². The molecule has 0 spiro atoms. The Morgan fingerprint density at radius 3 is 2.38 bits per heavy atom. The van der Waals surface area contributed by atoms with Gasteiger partial charge in [0.15, 0.2) is 15.0 Å². The van der Waals surface area contributed by atoms with E-state index in [9.17, 15) is 13.2 Å². The molecule has 1 amide bonds. The molecule has 6 nitrogen and oxygen atoms in total. The first-order valence-corrected chi connectivity index (χ1v) is 13.8. The number of hydrogen-bond donors (Lipinski definition) is 0. The molecule has 0 saturated carbocycles. The molecule has 2 aliphatic rings. The normalized spacial score (nSPS) is 22.0. The van der Waals surface area contributed by atoms with Crippen molar-refractivity contribution in [2.75, 3.05) is 16.4 Å². The molecule has 2 atom stereocenters. The third-order valence-electron chi connectivity index (χ3n) is 5.68. The van der Waals surface area contributed by atoms with E-state index in [0.717, 1.165) is 11.4 Å². The Morgan fingerprint density at radius 1 is 0.971 bits per heavy atom. The van der Waals surface area contributed by atoms with Crippen LogP contribution in [0.1, 0.15) is 5.56 Å². The Hall–Kier alpha value is -2.81. The predicted molar refractivity (Wildman–Crippen MR) is 137 cm³/mol. The fourth-order valence-corrected chi connectivity index (χ4v) is 8.25. The smallest absolute Gasteiger partial charge is 0.252 e. The zero-order valence-corrected chi connectivity index (χ0v) is 20.4. The van der Waals surface area contributed by atoms with Gasteiger partial charge in [-0.15, -0.1) is 0 Å². The number of hydrogen-bond acceptors (Lipinski definition) is 5. The number of anilines is 1. The van der Waals surface area contributed by atoms with Gasteiger partial charge in [0, 0.05) is 16.0 Å². The number of aliphatic imine (C=N–C) groups is 1. The highest BCUT2D eigenvalue weighted by atomic mass is 35.5. The SMILES string of the molecule is O=C(Cc1ccccc1Cl)N=C1S[C@H]2CS(=O)(=O)C[C@H]2N1c1ccc(Oc2ccccc2)cc1. The Labute approximate surface area is 207 Å². The van der Waals surface area contributed by atoms with Gasteiger partial charge in [-0.25, -0.2) is 8.42 Å². The lowest BCUT2D eigenvalue weighted by Gasteiger charge is -2.24. The molecule has 0 aromatic heterocycles. The molecule has 2 fully saturated rings. The molecule has 3 aromatic carbocycles. The summed E-state index contributed by atoms with van der Waals surface area (Å²) in [6, 6.07) is 23.7. The molecule has 5 rings (SSSR count). The summed E-state index contributed by atoms with van der Waals surface area (Å²) in [5.74, 6) is 1.16. The van der Waals surface area contributed by atoms with Crippen molar-refractivity contribution in [2.24, 2.45) is 4.99 Å². The number of halogens is 1. The Bertz CT molecular complexity index is 1340. The summed E-state index contributed by atoms with van der Waals surface area (Å²) in [5, 5.41) is 0.861. The Kier molecular flexibility index (Phi) is 6.38. The molecule has 0 N–H and O–H groups in total. The van der Waals surface area contributed by atoms with Gasteiger partial charge in [-0.2, -0.15) is 4.99 Å². The standard InChI is InChI=1S/C25H21ClN2O4S2/c26-21-9-5-4-6-17(21)14-24(29)27-25-28(22-15-34(30,31)16-23(22)33-25)18-10-12-20(13-11-18)32-19-7-2-1-3-8-19/h1-13,22-23H,14-16H2/t22-,23+/m1/s1. The number of carbonyl (C=O) groups is 1. The first kappa shape index (κ1) is 23.0. The maximum absolute atomic E-state index is 12.8. The van der Waals surface area contributed by atoms with Crippen LogP contribution in [0, 0.1) is 0 Å². The average Bonchev–Trinajstić information content (AvgIpc) is 3.27. The zero-order chi connectivity index (χ0) is 23.7. The molecule has 0 radical (unpaired) electrons. The largest absolute Gasteiger partial charge is 0.457 e. The quantitative estimate of drug-likeness (QED) is 0.480. The number of fused-ring (bicyclic) bond motifs is 1. The van der Waals surface area contributed by atoms with Gasteiger partial charge < -0.3 is 9.64 Å². The summed E-state index contributed by atoms with van der Waals surface area (Å²) < 4.78 is 30.5. The predicted octanol–water partition coefficient (Wildman–Crippen LogP) is 4.98. The molecule has 34 heavy (non-hydrogen) atoms. The van der Waals surface area contributed by atoms with E-state index >= 15 is 0 Å². The van der Waals surface area contributed by atoms with Crippen LogP contribution in [0.15, 0.2) is 83.9 Å². The van der Waals surface area contributed by atoms with Crippen molar-refractivity contribution in [2.45, 2.75) is 17.7 Å². The van der Waals surface area contributed by atoms with Gasteiger partial charge >= 0.3 is 0 Å². The fourth-order valence-electron chi connectivity index (χ4n) is 4.12. The van der Waals surface area contributed by atoms with Gasteiger partial charge in [-0.05, 0) is 48.0 Å². The number of amides is 1. The van der Waals surface area contributed by atoms with Crippen LogP contribution in [0.4, 0.5) is 5.69 Å². The summed E-state index contributed by atoms with van der Waals surface area (Å²) in [5.41, 5.74) is 1.47. The summed E-state index contributed by atoms with van der Waals surface area (Å²) >= 11 is 7.54. The number of benzene rings is 3. The minimum atomic E-state index is -3.15. The van der Waals surface area contributed by atoms with Crippen LogP contribution < -0.4 is 9.64 Å². The minimum absolute atomic E-state index is 0.0324. The van der Waals surface area contributed by atoms with Crippen molar-refractivity contribution in [1.29, 1.82) is 0 Å². The molecule has 2 heterocycles. The molecule has 174 valence electrons. The van der Waals surface area contributed by atoms with Crippen LogP contribution in [-0.4, -0.2) is 42.3 Å². The molecule has 2 saturated heterocycles. The number of ether oxygens (including phenoxy) is 1. The van der Waals surface area contributed by atoms with Gasteiger partial charge in [-0.1, -0.05) is 59.8 Å². The van der Waals surface area contributed by atoms with Crippen molar-refractivity contribution in [3.05, 3.63) is 89.4 Å². The van der Waals surface area contributed by atoms with E-state index in [2.05, 4.69) is 4.99 Å². The number of sulfone groups is 1. The maximum Gasteiger partial charge on any atom is 0.252 e. The third kappa shape index (κ3) is 4.99. The Morgan fingerprint density at radius 2 is 1.65 bits per heavy atom. The van der Waals surface area contributed by atoms with Gasteiger partial charge in [-0.3, -0.25) is 4.79 Å². The Balaban J connectivity index is 1.41. The van der Waals surface area contributed by atoms with Gasteiger partial charge in [0.2, 0.25) is 0 Å². The lowest BCUT2D eigenvalue weighted by Crippen LogP contribution is -2.37. The fraction of sp³-hybridized carbons (Fsp3) is 0.200. The van der Waals surface area contributed by atoms with E-state index in [0.29, 0.717) is 21.5 Å². The van der Waals surface area contributed by atoms with E-state index < -0.39 is 9.84 Å². The lowest BCUT2D eigenvalue weighted by atomic mass is 10.1. The van der Waals surface area contributed by atoms with Crippen LogP contribution in [0.5, 0.6) is 11.5 Å². The molecule has 2 aliphatic heterocycles. The van der Waals surface area contributed by atoms with Crippen LogP contribution in [0.25, 0.3) is 0 Å². The number of nitrogens with zero attached hydrogens (tertiary/aromatic N) is 2. The van der Waals surface area contributed by atoms with Gasteiger partial charge in [0.05, 0.1) is 24.0 Å². The van der Waals surface area contributed by atoms with Crippen LogP contribution in [0.2, 0.25) is 5.02 Å². The van der Waals surface area contributed by atoms with Crippen LogP contribution in [0.3, 0.4) is 0 Å². The second-order valence-electron chi connectivity index (χ2n) is 8.14. The average molecular weight is 513 g/mol. The molecule has 0 unspecified atom stereocenters. The van der Waals surface area contributed by atoms with Crippen molar-refractivity contribution in [3.8, 4) is 11.5 Å². The second-order valence-corrected chi connectivity index (χ2v) is 11.9. The summed E-state index contributed by atoms with van der Waals surface area (Å²) in [4.78, 5) is 19.0. The number of rotatable bonds is 5. The lowest BCUT2D eigenvalue weighted by molar-refractivity contribution is -0.117. The van der Waals surface area contributed by atoms with Crippen molar-refractivity contribution in [1.82, 2.24) is 0 Å². The monoisotopic (exact) mass is 512 g/mol. The number of carbonyl (C=O) groups excluding carboxylic acids is 1. The van der Waals surface area contributed by atoms with E-state index in [4.69, 9.17) is 16.3 Å². The molecular weight excluding hydrogens is 492 g/mol. The summed E-state index contributed by atoms with van der Waals surface area (Å²) in [7, 11) is -3.15. The van der Waals surface area contributed by atoms with Crippen molar-refractivity contribution in [3.63, 3.8) is 0 Å². The molecule has 9 heteroatoms. The van der Waals surface area contributed by atoms with E-state index in [-0.39, 0.29) is 35.1 Å². The topological polar surface area (TPSA) is 76.0 Å². The highest BCUT2D eigenvalue weighted by Crippen LogP contribution is 2.41. The van der Waals surface area contributed by atoms with Crippen LogP contribution in [-0.2, 0) is 21.1 Å². The summed E-state index contributed by atoms with van der Waals surface area (Å²) in [6.07, 6.45) is 0.0784. The molecular formula is C25H21ClN2O4S2. The highest BCUT2D eigenvalue weighted by Gasteiger charge is 2.49. The maximum atomic E-state index is 12.8. The van der Waals surface area contributed by atoms with Crippen molar-refractivity contribution >= 4 is 50.0 Å². The first-order valence-electron chi connectivity index (χ1n) is 10.7. The number of amidine groups is 1. The molecule has 3 aromatic rings. The zero-order valence-electron chi connectivity index (χ0n) is 18.0. The molecule has 0 bridgehead atoms. The first-order chi connectivity index (χ1) is 16.4. The minimum Gasteiger partial charge on any atom is -0.457 e. The summed E-state index contributed by atoms with van der Waals surface area (Å²) in [6.45, 7) is 0.